The summed E-state index contributed by atoms with van der Waals surface area (Å²) in [6, 6.07) is 6.31. The van der Waals surface area contributed by atoms with Crippen LogP contribution in [0.1, 0.15) is 49.5 Å². The highest BCUT2D eigenvalue weighted by Gasteiger charge is 2.49. The first-order valence-corrected chi connectivity index (χ1v) is 8.89. The van der Waals surface area contributed by atoms with E-state index in [0.717, 1.165) is 55.5 Å². The van der Waals surface area contributed by atoms with E-state index in [-0.39, 0.29) is 17.4 Å². The molecule has 4 rings (SSSR count). The number of ether oxygens (including phenoxy) is 1. The van der Waals surface area contributed by atoms with Gasteiger partial charge in [-0.3, -0.25) is 4.79 Å². The van der Waals surface area contributed by atoms with Crippen LogP contribution < -0.4 is 0 Å². The van der Waals surface area contributed by atoms with Gasteiger partial charge in [0.1, 0.15) is 5.82 Å². The maximum absolute atomic E-state index is 13.2. The number of amides is 1. The molecule has 0 spiro atoms. The second-order valence-corrected chi connectivity index (χ2v) is 7.37. The van der Waals surface area contributed by atoms with Crippen LogP contribution in [-0.4, -0.2) is 41.0 Å². The number of nitrogens with zero attached hydrogens (tertiary/aromatic N) is 2. The van der Waals surface area contributed by atoms with Crippen LogP contribution in [0.15, 0.2) is 18.2 Å². The van der Waals surface area contributed by atoms with E-state index < -0.39 is 0 Å². The fourth-order valence-electron chi connectivity index (χ4n) is 4.20. The molecule has 128 valence electrons. The number of H-pyrrole nitrogens is 1. The summed E-state index contributed by atoms with van der Waals surface area (Å²) in [5.74, 6) is 1.18. The summed E-state index contributed by atoms with van der Waals surface area (Å²) in [6.07, 6.45) is 5.03. The Balaban J connectivity index is 1.63. The Bertz CT molecular complexity index is 763. The highest BCUT2D eigenvalue weighted by molar-refractivity contribution is 5.84. The SMILES string of the molecule is COCC1(C(=O)N2CCCC2c2nc3ccc(C)cc3[nH]2)CCC1. The Kier molecular flexibility index (Phi) is 3.83. The van der Waals surface area contributed by atoms with Crippen molar-refractivity contribution >= 4 is 16.9 Å². The Morgan fingerprint density at radius 1 is 1.42 bits per heavy atom. The maximum Gasteiger partial charge on any atom is 0.231 e. The van der Waals surface area contributed by atoms with Crippen molar-refractivity contribution in [3.63, 3.8) is 0 Å². The molecule has 1 aliphatic carbocycles. The van der Waals surface area contributed by atoms with Gasteiger partial charge in [-0.25, -0.2) is 4.98 Å². The third-order valence-electron chi connectivity index (χ3n) is 5.67. The topological polar surface area (TPSA) is 58.2 Å². The molecule has 1 saturated carbocycles. The number of fused-ring (bicyclic) bond motifs is 1. The number of carbonyl (C=O) groups excluding carboxylic acids is 1. The Labute approximate surface area is 142 Å². The number of nitrogens with one attached hydrogen (secondary N) is 1. The minimum atomic E-state index is -0.292. The molecule has 2 aliphatic rings. The zero-order valence-corrected chi connectivity index (χ0v) is 14.5. The number of aryl methyl sites for hydroxylation is 1. The van der Waals surface area contributed by atoms with Crippen LogP contribution in [0.25, 0.3) is 11.0 Å². The van der Waals surface area contributed by atoms with E-state index in [2.05, 4.69) is 24.0 Å². The number of likely N-dealkylation sites (tertiary alicyclic amines) is 1. The number of hydrogen-bond donors (Lipinski definition) is 1. The fourth-order valence-corrected chi connectivity index (χ4v) is 4.20. The fraction of sp³-hybridized carbons (Fsp3) is 0.579. The third-order valence-corrected chi connectivity index (χ3v) is 5.67. The molecule has 1 saturated heterocycles. The lowest BCUT2D eigenvalue weighted by Gasteiger charge is -2.43. The summed E-state index contributed by atoms with van der Waals surface area (Å²) >= 11 is 0. The molecule has 5 heteroatoms. The van der Waals surface area contributed by atoms with Gasteiger partial charge >= 0.3 is 0 Å². The first-order chi connectivity index (χ1) is 11.6. The molecule has 24 heavy (non-hydrogen) atoms. The highest BCUT2D eigenvalue weighted by Crippen LogP contribution is 2.45. The molecule has 0 radical (unpaired) electrons. The van der Waals surface area contributed by atoms with Gasteiger partial charge < -0.3 is 14.6 Å². The van der Waals surface area contributed by atoms with Gasteiger partial charge in [-0.1, -0.05) is 12.5 Å². The standard InChI is InChI=1S/C19H25N3O2/c1-13-6-7-14-15(11-13)21-17(20-14)16-5-3-10-22(16)18(23)19(12-24-2)8-4-9-19/h6-7,11,16H,3-5,8-10,12H2,1-2H3,(H,20,21). The smallest absolute Gasteiger partial charge is 0.231 e. The molecule has 2 aromatic rings. The van der Waals surface area contributed by atoms with Crippen molar-refractivity contribution in [3.8, 4) is 0 Å². The minimum Gasteiger partial charge on any atom is -0.384 e. The lowest BCUT2D eigenvalue weighted by molar-refractivity contribution is -0.153. The molecule has 1 aromatic carbocycles. The minimum absolute atomic E-state index is 0.0690. The zero-order chi connectivity index (χ0) is 16.7. The monoisotopic (exact) mass is 327 g/mol. The molecule has 1 N–H and O–H groups in total. The van der Waals surface area contributed by atoms with Gasteiger partial charge in [0.25, 0.3) is 0 Å². The number of rotatable bonds is 4. The first-order valence-electron chi connectivity index (χ1n) is 8.89. The number of aromatic amines is 1. The summed E-state index contributed by atoms with van der Waals surface area (Å²) < 4.78 is 5.36. The Morgan fingerprint density at radius 2 is 2.25 bits per heavy atom. The lowest BCUT2D eigenvalue weighted by atomic mass is 9.68. The quantitative estimate of drug-likeness (QED) is 0.937. The Hall–Kier alpha value is -1.88. The van der Waals surface area contributed by atoms with Gasteiger partial charge in [-0.2, -0.15) is 0 Å². The van der Waals surface area contributed by atoms with Crippen molar-refractivity contribution in [2.24, 2.45) is 5.41 Å². The van der Waals surface area contributed by atoms with Gasteiger partial charge in [0.2, 0.25) is 5.91 Å². The zero-order valence-electron chi connectivity index (χ0n) is 14.5. The van der Waals surface area contributed by atoms with Gasteiger partial charge in [0, 0.05) is 13.7 Å². The molecule has 0 bridgehead atoms. The van der Waals surface area contributed by atoms with Crippen molar-refractivity contribution in [3.05, 3.63) is 29.6 Å². The summed E-state index contributed by atoms with van der Waals surface area (Å²) in [4.78, 5) is 23.4. The number of hydrogen-bond acceptors (Lipinski definition) is 3. The number of benzene rings is 1. The van der Waals surface area contributed by atoms with Crippen molar-refractivity contribution in [1.82, 2.24) is 14.9 Å². The van der Waals surface area contributed by atoms with Crippen LogP contribution in [0.4, 0.5) is 0 Å². The van der Waals surface area contributed by atoms with Gasteiger partial charge in [0.05, 0.1) is 29.1 Å². The van der Waals surface area contributed by atoms with Crippen LogP contribution in [0.2, 0.25) is 0 Å². The lowest BCUT2D eigenvalue weighted by Crippen LogP contribution is -2.50. The third kappa shape index (κ3) is 2.42. The number of carbonyl (C=O) groups is 1. The molecule has 2 fully saturated rings. The summed E-state index contributed by atoms with van der Waals surface area (Å²) in [6.45, 7) is 3.44. The number of methoxy groups -OCH3 is 1. The van der Waals surface area contributed by atoms with E-state index in [1.807, 2.05) is 11.0 Å². The van der Waals surface area contributed by atoms with Crippen LogP contribution in [0.3, 0.4) is 0 Å². The van der Waals surface area contributed by atoms with Crippen LogP contribution in [0, 0.1) is 12.3 Å². The van der Waals surface area contributed by atoms with Crippen molar-refractivity contribution in [2.75, 3.05) is 20.3 Å². The molecule has 1 aromatic heterocycles. The highest BCUT2D eigenvalue weighted by atomic mass is 16.5. The molecule has 2 heterocycles. The molecular weight excluding hydrogens is 302 g/mol. The maximum atomic E-state index is 13.2. The average Bonchev–Trinajstić information content (AvgIpc) is 3.15. The molecule has 5 nitrogen and oxygen atoms in total. The summed E-state index contributed by atoms with van der Waals surface area (Å²) in [5.41, 5.74) is 2.95. The predicted molar refractivity (Wildman–Crippen MR) is 92.7 cm³/mol. The van der Waals surface area contributed by atoms with Crippen LogP contribution in [0.5, 0.6) is 0 Å². The number of aromatic nitrogens is 2. The normalized spacial score (nSPS) is 22.8. The van der Waals surface area contributed by atoms with Gasteiger partial charge in [0.15, 0.2) is 0 Å². The first kappa shape index (κ1) is 15.6. The van der Waals surface area contributed by atoms with E-state index >= 15 is 0 Å². The molecule has 1 amide bonds. The van der Waals surface area contributed by atoms with E-state index in [1.54, 1.807) is 7.11 Å². The molecular formula is C19H25N3O2. The van der Waals surface area contributed by atoms with Crippen LogP contribution in [-0.2, 0) is 9.53 Å². The van der Waals surface area contributed by atoms with Crippen molar-refractivity contribution in [1.29, 1.82) is 0 Å². The summed E-state index contributed by atoms with van der Waals surface area (Å²) in [5, 5.41) is 0. The average molecular weight is 327 g/mol. The van der Waals surface area contributed by atoms with Gasteiger partial charge in [-0.15, -0.1) is 0 Å². The summed E-state index contributed by atoms with van der Waals surface area (Å²) in [7, 11) is 1.69. The van der Waals surface area contributed by atoms with E-state index in [9.17, 15) is 4.79 Å². The second-order valence-electron chi connectivity index (χ2n) is 7.37. The van der Waals surface area contributed by atoms with Gasteiger partial charge in [-0.05, 0) is 50.3 Å². The van der Waals surface area contributed by atoms with Crippen LogP contribution >= 0.6 is 0 Å². The van der Waals surface area contributed by atoms with E-state index in [4.69, 9.17) is 9.72 Å². The van der Waals surface area contributed by atoms with Crippen molar-refractivity contribution < 1.29 is 9.53 Å². The van der Waals surface area contributed by atoms with E-state index in [1.165, 1.54) is 5.56 Å². The molecule has 1 atom stereocenters. The molecule has 1 aliphatic heterocycles. The Morgan fingerprint density at radius 3 is 2.96 bits per heavy atom. The predicted octanol–water partition coefficient (Wildman–Crippen LogP) is 3.35. The molecule has 1 unspecified atom stereocenters. The van der Waals surface area contributed by atoms with Crippen molar-refractivity contribution in [2.45, 2.75) is 45.1 Å². The second kappa shape index (κ2) is 5.88. The largest absolute Gasteiger partial charge is 0.384 e. The number of imidazole rings is 1. The van der Waals surface area contributed by atoms with E-state index in [0.29, 0.717) is 6.61 Å².